The van der Waals surface area contributed by atoms with Crippen LogP contribution >= 0.6 is 0 Å². The molecule has 1 aromatic carbocycles. The van der Waals surface area contributed by atoms with Crippen molar-refractivity contribution in [2.75, 3.05) is 27.2 Å². The topological polar surface area (TPSA) is 45.5 Å². The van der Waals surface area contributed by atoms with Crippen LogP contribution in [0.3, 0.4) is 0 Å². The molecule has 2 rings (SSSR count). The van der Waals surface area contributed by atoms with Gasteiger partial charge in [0.2, 0.25) is 0 Å². The second-order valence-corrected chi connectivity index (χ2v) is 6.37. The summed E-state index contributed by atoms with van der Waals surface area (Å²) < 4.78 is 1.97. The predicted molar refractivity (Wildman–Crippen MR) is 106 cm³/mol. The van der Waals surface area contributed by atoms with E-state index in [1.807, 2.05) is 29.9 Å². The van der Waals surface area contributed by atoms with Crippen molar-refractivity contribution in [3.8, 4) is 5.69 Å². The number of nitrogens with zero attached hydrogens (tertiary/aromatic N) is 4. The van der Waals surface area contributed by atoms with Crippen LogP contribution in [0.4, 0.5) is 0 Å². The normalized spacial score (nSPS) is 11.6. The first kappa shape index (κ1) is 19.0. The van der Waals surface area contributed by atoms with Gasteiger partial charge in [-0.2, -0.15) is 5.10 Å². The third-order valence-electron chi connectivity index (χ3n) is 4.35. The Morgan fingerprint density at radius 3 is 2.68 bits per heavy atom. The number of rotatable bonds is 8. The lowest BCUT2D eigenvalue weighted by Crippen LogP contribution is -2.39. The van der Waals surface area contributed by atoms with Gasteiger partial charge in [0.25, 0.3) is 0 Å². The van der Waals surface area contributed by atoms with E-state index in [1.54, 1.807) is 0 Å². The highest BCUT2D eigenvalue weighted by atomic mass is 15.3. The maximum absolute atomic E-state index is 4.64. The second-order valence-electron chi connectivity index (χ2n) is 6.37. The standard InChI is InChI=1S/C20H31N5/c1-5-6-15-24(4)20(21-3)22-14-10-11-18-16-25(23-17(18)2)19-12-8-7-9-13-19/h7-9,12-13,16H,5-6,10-11,14-15H2,1-4H3,(H,21,22). The molecule has 0 amide bonds. The van der Waals surface area contributed by atoms with Gasteiger partial charge in [-0.15, -0.1) is 0 Å². The maximum atomic E-state index is 4.64. The third kappa shape index (κ3) is 5.62. The summed E-state index contributed by atoms with van der Waals surface area (Å²) in [6, 6.07) is 10.3. The average Bonchev–Trinajstić information content (AvgIpc) is 3.01. The zero-order chi connectivity index (χ0) is 18.1. The first-order valence-corrected chi connectivity index (χ1v) is 9.18. The number of hydrogen-bond donors (Lipinski definition) is 1. The molecule has 0 bridgehead atoms. The number of hydrogen-bond acceptors (Lipinski definition) is 2. The fourth-order valence-electron chi connectivity index (χ4n) is 2.82. The Hall–Kier alpha value is -2.30. The van der Waals surface area contributed by atoms with Gasteiger partial charge in [0.1, 0.15) is 0 Å². The number of aliphatic imine (C=N–C) groups is 1. The molecule has 0 fully saturated rings. The molecule has 5 heteroatoms. The van der Waals surface area contributed by atoms with Crippen LogP contribution in [0.2, 0.25) is 0 Å². The van der Waals surface area contributed by atoms with Crippen LogP contribution < -0.4 is 5.32 Å². The quantitative estimate of drug-likeness (QED) is 0.455. The third-order valence-corrected chi connectivity index (χ3v) is 4.35. The molecule has 0 aliphatic heterocycles. The molecule has 1 N–H and O–H groups in total. The Kier molecular flexibility index (Phi) is 7.51. The number of guanidine groups is 1. The van der Waals surface area contributed by atoms with Crippen molar-refractivity contribution < 1.29 is 0 Å². The van der Waals surface area contributed by atoms with E-state index in [9.17, 15) is 0 Å². The van der Waals surface area contributed by atoms with Crippen LogP contribution in [-0.4, -0.2) is 47.8 Å². The minimum absolute atomic E-state index is 0.916. The number of aryl methyl sites for hydroxylation is 2. The van der Waals surface area contributed by atoms with Crippen molar-refractivity contribution in [2.24, 2.45) is 4.99 Å². The number of benzene rings is 1. The Morgan fingerprint density at radius 1 is 1.24 bits per heavy atom. The number of aromatic nitrogens is 2. The molecule has 0 aliphatic carbocycles. The van der Waals surface area contributed by atoms with Gasteiger partial charge in [0, 0.05) is 33.4 Å². The van der Waals surface area contributed by atoms with Gasteiger partial charge in [0.05, 0.1) is 11.4 Å². The molecule has 2 aromatic rings. The van der Waals surface area contributed by atoms with Crippen molar-refractivity contribution >= 4 is 5.96 Å². The first-order valence-electron chi connectivity index (χ1n) is 9.18. The van der Waals surface area contributed by atoms with Crippen molar-refractivity contribution in [3.63, 3.8) is 0 Å². The summed E-state index contributed by atoms with van der Waals surface area (Å²) in [6.45, 7) is 6.25. The Balaban J connectivity index is 1.83. The zero-order valence-corrected chi connectivity index (χ0v) is 16.0. The summed E-state index contributed by atoms with van der Waals surface area (Å²) in [7, 11) is 3.94. The van der Waals surface area contributed by atoms with Crippen molar-refractivity contribution in [3.05, 3.63) is 47.8 Å². The molecule has 0 radical (unpaired) electrons. The van der Waals surface area contributed by atoms with E-state index in [2.05, 4.69) is 59.5 Å². The summed E-state index contributed by atoms with van der Waals surface area (Å²) in [5.74, 6) is 0.977. The first-order chi connectivity index (χ1) is 12.2. The summed E-state index contributed by atoms with van der Waals surface area (Å²) in [5, 5.41) is 8.09. The van der Waals surface area contributed by atoms with E-state index in [0.29, 0.717) is 0 Å². The van der Waals surface area contributed by atoms with Crippen LogP contribution in [0.15, 0.2) is 41.5 Å². The average molecular weight is 342 g/mol. The van der Waals surface area contributed by atoms with Crippen molar-refractivity contribution in [2.45, 2.75) is 39.5 Å². The maximum Gasteiger partial charge on any atom is 0.193 e. The molecule has 5 nitrogen and oxygen atoms in total. The fraction of sp³-hybridized carbons (Fsp3) is 0.500. The monoisotopic (exact) mass is 341 g/mol. The van der Waals surface area contributed by atoms with E-state index in [1.165, 1.54) is 18.4 Å². The molecule has 1 aromatic heterocycles. The summed E-state index contributed by atoms with van der Waals surface area (Å²) in [4.78, 5) is 6.56. The smallest absolute Gasteiger partial charge is 0.193 e. The van der Waals surface area contributed by atoms with E-state index >= 15 is 0 Å². The molecule has 0 saturated heterocycles. The van der Waals surface area contributed by atoms with Crippen LogP contribution in [0, 0.1) is 6.92 Å². The van der Waals surface area contributed by atoms with Gasteiger partial charge < -0.3 is 10.2 Å². The lowest BCUT2D eigenvalue weighted by atomic mass is 10.1. The van der Waals surface area contributed by atoms with Crippen LogP contribution in [0.5, 0.6) is 0 Å². The van der Waals surface area contributed by atoms with Crippen LogP contribution in [0.1, 0.15) is 37.4 Å². The highest BCUT2D eigenvalue weighted by Gasteiger charge is 2.07. The number of nitrogens with one attached hydrogen (secondary N) is 1. The number of para-hydroxylation sites is 1. The molecular formula is C20H31N5. The Labute approximate surface area is 151 Å². The molecule has 0 unspecified atom stereocenters. The SMILES string of the molecule is CCCCN(C)C(=NC)NCCCc1cn(-c2ccccc2)nc1C. The zero-order valence-electron chi connectivity index (χ0n) is 16.0. The van der Waals surface area contributed by atoms with Crippen LogP contribution in [-0.2, 0) is 6.42 Å². The van der Waals surface area contributed by atoms with Gasteiger partial charge in [-0.25, -0.2) is 4.68 Å². The molecule has 0 saturated carbocycles. The summed E-state index contributed by atoms with van der Waals surface area (Å²) in [5.41, 5.74) is 3.52. The lowest BCUT2D eigenvalue weighted by molar-refractivity contribution is 0.464. The van der Waals surface area contributed by atoms with Crippen molar-refractivity contribution in [1.29, 1.82) is 0 Å². The molecular weight excluding hydrogens is 310 g/mol. The van der Waals surface area contributed by atoms with Crippen LogP contribution in [0.25, 0.3) is 5.69 Å². The largest absolute Gasteiger partial charge is 0.356 e. The minimum atomic E-state index is 0.916. The highest BCUT2D eigenvalue weighted by molar-refractivity contribution is 5.79. The molecule has 0 atom stereocenters. The van der Waals surface area contributed by atoms with Crippen molar-refractivity contribution in [1.82, 2.24) is 20.0 Å². The lowest BCUT2D eigenvalue weighted by Gasteiger charge is -2.21. The minimum Gasteiger partial charge on any atom is -0.356 e. The fourth-order valence-corrected chi connectivity index (χ4v) is 2.82. The predicted octanol–water partition coefficient (Wildman–Crippen LogP) is 3.42. The summed E-state index contributed by atoms with van der Waals surface area (Å²) in [6.07, 6.45) is 6.61. The van der Waals surface area contributed by atoms with Gasteiger partial charge in [-0.05, 0) is 43.9 Å². The van der Waals surface area contributed by atoms with E-state index in [4.69, 9.17) is 0 Å². The molecule has 0 aliphatic rings. The van der Waals surface area contributed by atoms with E-state index in [-0.39, 0.29) is 0 Å². The van der Waals surface area contributed by atoms with E-state index in [0.717, 1.165) is 43.3 Å². The van der Waals surface area contributed by atoms with Gasteiger partial charge >= 0.3 is 0 Å². The summed E-state index contributed by atoms with van der Waals surface area (Å²) >= 11 is 0. The second kappa shape index (κ2) is 9.87. The molecule has 136 valence electrons. The Morgan fingerprint density at radius 2 is 2.00 bits per heavy atom. The molecule has 25 heavy (non-hydrogen) atoms. The molecule has 1 heterocycles. The Bertz CT molecular complexity index is 660. The highest BCUT2D eigenvalue weighted by Crippen LogP contribution is 2.13. The van der Waals surface area contributed by atoms with E-state index < -0.39 is 0 Å². The van der Waals surface area contributed by atoms with Gasteiger partial charge in [0.15, 0.2) is 5.96 Å². The van der Waals surface area contributed by atoms with Gasteiger partial charge in [-0.1, -0.05) is 31.5 Å². The van der Waals surface area contributed by atoms with Gasteiger partial charge in [-0.3, -0.25) is 4.99 Å². The number of unbranched alkanes of at least 4 members (excludes halogenated alkanes) is 1. The molecule has 0 spiro atoms.